The van der Waals surface area contributed by atoms with E-state index in [0.29, 0.717) is 24.1 Å². The highest BCUT2D eigenvalue weighted by molar-refractivity contribution is 5.94. The smallest absolute Gasteiger partial charge is 0.272 e. The number of morpholine rings is 1. The van der Waals surface area contributed by atoms with E-state index >= 15 is 0 Å². The minimum Gasteiger partial charge on any atom is -0.379 e. The first-order chi connectivity index (χ1) is 15.6. The van der Waals surface area contributed by atoms with E-state index in [9.17, 15) is 13.6 Å². The van der Waals surface area contributed by atoms with Crippen LogP contribution in [-0.2, 0) is 11.2 Å². The van der Waals surface area contributed by atoms with Crippen LogP contribution >= 0.6 is 0 Å². The summed E-state index contributed by atoms with van der Waals surface area (Å²) in [6.07, 6.45) is 6.34. The van der Waals surface area contributed by atoms with Gasteiger partial charge in [0.1, 0.15) is 11.5 Å². The molecule has 8 heteroatoms. The van der Waals surface area contributed by atoms with E-state index in [1.165, 1.54) is 25.0 Å². The van der Waals surface area contributed by atoms with Gasteiger partial charge in [-0.25, -0.2) is 13.5 Å². The minimum absolute atomic E-state index is 0.0175. The van der Waals surface area contributed by atoms with Crippen molar-refractivity contribution in [1.82, 2.24) is 20.0 Å². The molecule has 1 saturated heterocycles. The maximum atomic E-state index is 14.5. The van der Waals surface area contributed by atoms with Crippen molar-refractivity contribution in [3.63, 3.8) is 0 Å². The minimum atomic E-state index is -0.663. The zero-order valence-electron chi connectivity index (χ0n) is 18.1. The lowest BCUT2D eigenvalue weighted by Crippen LogP contribution is -2.57. The molecule has 2 atom stereocenters. The van der Waals surface area contributed by atoms with Crippen LogP contribution in [0.4, 0.5) is 8.78 Å². The van der Waals surface area contributed by atoms with E-state index in [-0.39, 0.29) is 17.1 Å². The SMILES string of the molecule is O=C(NCC1(N2CCOCC2)CCCC1)c1nn(-c2ccc(F)cc2F)c2c1C[C@H]1C[C@@H]21. The number of nitrogens with zero attached hydrogens (tertiary/aromatic N) is 3. The molecule has 32 heavy (non-hydrogen) atoms. The number of rotatable bonds is 5. The molecule has 0 bridgehead atoms. The van der Waals surface area contributed by atoms with Crippen LogP contribution in [-0.4, -0.2) is 59.0 Å². The van der Waals surface area contributed by atoms with Gasteiger partial charge < -0.3 is 10.1 Å². The highest BCUT2D eigenvalue weighted by Gasteiger charge is 2.50. The number of benzene rings is 1. The normalized spacial score (nSPS) is 26.1. The Labute approximate surface area is 185 Å². The molecule has 0 unspecified atom stereocenters. The third-order valence-electron chi connectivity index (χ3n) is 7.91. The lowest BCUT2D eigenvalue weighted by atomic mass is 9.94. The van der Waals surface area contributed by atoms with Crippen LogP contribution in [0.1, 0.15) is 59.8 Å². The second-order valence-electron chi connectivity index (χ2n) is 9.74. The summed E-state index contributed by atoms with van der Waals surface area (Å²) in [6.45, 7) is 3.85. The van der Waals surface area contributed by atoms with Gasteiger partial charge in [-0.2, -0.15) is 5.10 Å². The predicted octanol–water partition coefficient (Wildman–Crippen LogP) is 3.18. The van der Waals surface area contributed by atoms with E-state index in [1.54, 1.807) is 4.68 Å². The van der Waals surface area contributed by atoms with Crippen molar-refractivity contribution in [3.05, 3.63) is 46.8 Å². The number of carbonyl (C=O) groups excluding carboxylic acids is 1. The van der Waals surface area contributed by atoms with Crippen molar-refractivity contribution in [3.8, 4) is 5.69 Å². The number of ether oxygens (including phenoxy) is 1. The molecule has 1 N–H and O–H groups in total. The molecule has 0 spiro atoms. The van der Waals surface area contributed by atoms with Gasteiger partial charge in [-0.3, -0.25) is 9.69 Å². The van der Waals surface area contributed by atoms with Gasteiger partial charge in [0.05, 0.1) is 18.9 Å². The lowest BCUT2D eigenvalue weighted by Gasteiger charge is -2.43. The maximum Gasteiger partial charge on any atom is 0.272 e. The Balaban J connectivity index is 1.27. The molecule has 4 aliphatic rings. The number of hydrogen-bond acceptors (Lipinski definition) is 4. The van der Waals surface area contributed by atoms with E-state index in [1.807, 2.05) is 0 Å². The van der Waals surface area contributed by atoms with Gasteiger partial charge in [-0.05, 0) is 43.7 Å². The molecule has 1 aromatic carbocycles. The summed E-state index contributed by atoms with van der Waals surface area (Å²) in [5, 5.41) is 7.73. The number of aromatic nitrogens is 2. The largest absolute Gasteiger partial charge is 0.379 e. The third kappa shape index (κ3) is 3.27. The van der Waals surface area contributed by atoms with Crippen molar-refractivity contribution in [2.75, 3.05) is 32.8 Å². The fourth-order valence-electron chi connectivity index (χ4n) is 6.14. The topological polar surface area (TPSA) is 59.4 Å². The molecule has 2 saturated carbocycles. The summed E-state index contributed by atoms with van der Waals surface area (Å²) < 4.78 is 35.1. The number of fused-ring (bicyclic) bond motifs is 3. The van der Waals surface area contributed by atoms with E-state index in [4.69, 9.17) is 4.74 Å². The van der Waals surface area contributed by atoms with Gasteiger partial charge >= 0.3 is 0 Å². The second kappa shape index (κ2) is 7.63. The van der Waals surface area contributed by atoms with Gasteiger partial charge in [0.15, 0.2) is 11.5 Å². The summed E-state index contributed by atoms with van der Waals surface area (Å²) in [5.74, 6) is -0.647. The zero-order chi connectivity index (χ0) is 21.9. The Kier molecular flexibility index (Phi) is 4.84. The van der Waals surface area contributed by atoms with Crippen molar-refractivity contribution < 1.29 is 18.3 Å². The number of hydrogen-bond donors (Lipinski definition) is 1. The molecule has 1 aromatic heterocycles. The van der Waals surface area contributed by atoms with Crippen LogP contribution in [0.3, 0.4) is 0 Å². The van der Waals surface area contributed by atoms with Crippen LogP contribution in [0.2, 0.25) is 0 Å². The van der Waals surface area contributed by atoms with E-state index in [2.05, 4.69) is 15.3 Å². The molecule has 2 heterocycles. The van der Waals surface area contributed by atoms with Crippen LogP contribution < -0.4 is 5.32 Å². The molecule has 170 valence electrons. The summed E-state index contributed by atoms with van der Waals surface area (Å²) in [7, 11) is 0. The molecular weight excluding hydrogens is 414 g/mol. The average molecular weight is 443 g/mol. The Morgan fingerprint density at radius 1 is 1.22 bits per heavy atom. The molecule has 6 rings (SSSR count). The Morgan fingerprint density at radius 2 is 2.00 bits per heavy atom. The second-order valence-corrected chi connectivity index (χ2v) is 9.74. The Hall–Kier alpha value is -2.32. The molecule has 1 aliphatic heterocycles. The highest BCUT2D eigenvalue weighted by atomic mass is 19.1. The number of halogens is 2. The number of amides is 1. The fraction of sp³-hybridized carbons (Fsp3) is 0.583. The van der Waals surface area contributed by atoms with Crippen LogP contribution in [0.25, 0.3) is 5.69 Å². The third-order valence-corrected chi connectivity index (χ3v) is 7.91. The monoisotopic (exact) mass is 442 g/mol. The molecule has 3 aliphatic carbocycles. The first kappa shape index (κ1) is 20.3. The Morgan fingerprint density at radius 3 is 2.75 bits per heavy atom. The van der Waals surface area contributed by atoms with E-state index < -0.39 is 11.6 Å². The number of nitrogens with one attached hydrogen (secondary N) is 1. The van der Waals surface area contributed by atoms with E-state index in [0.717, 1.165) is 69.3 Å². The van der Waals surface area contributed by atoms with Crippen LogP contribution in [0, 0.1) is 17.6 Å². The molecule has 2 aromatic rings. The maximum absolute atomic E-state index is 14.5. The number of carbonyl (C=O) groups is 1. The summed E-state index contributed by atoms with van der Waals surface area (Å²) in [4.78, 5) is 15.8. The van der Waals surface area contributed by atoms with Crippen molar-refractivity contribution in [1.29, 1.82) is 0 Å². The van der Waals surface area contributed by atoms with Gasteiger partial charge in [0, 0.05) is 42.7 Å². The van der Waals surface area contributed by atoms with Gasteiger partial charge in [0.2, 0.25) is 0 Å². The van der Waals surface area contributed by atoms with Crippen molar-refractivity contribution >= 4 is 5.91 Å². The van der Waals surface area contributed by atoms with Gasteiger partial charge in [0.25, 0.3) is 5.91 Å². The summed E-state index contributed by atoms with van der Waals surface area (Å²) in [6, 6.07) is 3.51. The van der Waals surface area contributed by atoms with Crippen LogP contribution in [0.15, 0.2) is 18.2 Å². The summed E-state index contributed by atoms with van der Waals surface area (Å²) >= 11 is 0. The zero-order valence-corrected chi connectivity index (χ0v) is 18.1. The standard InChI is InChI=1S/C24H28F2N4O2/c25-16-3-4-20(19(26)13-16)30-22-17-11-15(17)12-18(22)21(28-30)23(31)27-14-24(5-1-2-6-24)29-7-9-32-10-8-29/h3-4,13,15,17H,1-2,5-12,14H2,(H,27,31)/t15-,17-/m1/s1. The summed E-state index contributed by atoms with van der Waals surface area (Å²) in [5.41, 5.74) is 2.44. The molecule has 6 nitrogen and oxygen atoms in total. The quantitative estimate of drug-likeness (QED) is 0.773. The lowest BCUT2D eigenvalue weighted by molar-refractivity contribution is -0.0199. The first-order valence-electron chi connectivity index (χ1n) is 11.7. The molecule has 0 radical (unpaired) electrons. The van der Waals surface area contributed by atoms with Crippen molar-refractivity contribution in [2.45, 2.75) is 50.0 Å². The highest BCUT2D eigenvalue weighted by Crippen LogP contribution is 2.57. The van der Waals surface area contributed by atoms with Gasteiger partial charge in [-0.15, -0.1) is 0 Å². The average Bonchev–Trinajstić information content (AvgIpc) is 3.15. The van der Waals surface area contributed by atoms with Gasteiger partial charge in [-0.1, -0.05) is 12.8 Å². The first-order valence-corrected chi connectivity index (χ1v) is 11.7. The molecule has 3 fully saturated rings. The fourth-order valence-corrected chi connectivity index (χ4v) is 6.14. The Bertz CT molecular complexity index is 1060. The van der Waals surface area contributed by atoms with Crippen LogP contribution in [0.5, 0.6) is 0 Å². The van der Waals surface area contributed by atoms with Crippen molar-refractivity contribution in [2.24, 2.45) is 5.92 Å². The molecular formula is C24H28F2N4O2. The molecule has 1 amide bonds. The predicted molar refractivity (Wildman–Crippen MR) is 114 cm³/mol.